The van der Waals surface area contributed by atoms with Crippen LogP contribution in [-0.2, 0) is 4.79 Å². The van der Waals surface area contributed by atoms with Crippen LogP contribution >= 0.6 is 0 Å². The van der Waals surface area contributed by atoms with Gasteiger partial charge in [0.25, 0.3) is 0 Å². The summed E-state index contributed by atoms with van der Waals surface area (Å²) in [5, 5.41) is 0. The van der Waals surface area contributed by atoms with Gasteiger partial charge in [-0.05, 0) is 45.7 Å². The molecule has 17 heavy (non-hydrogen) atoms. The lowest BCUT2D eigenvalue weighted by molar-refractivity contribution is -0.137. The second-order valence-corrected chi connectivity index (χ2v) is 6.01. The molecule has 1 fully saturated rings. The summed E-state index contributed by atoms with van der Waals surface area (Å²) < 4.78 is 0. The lowest BCUT2D eigenvalue weighted by atomic mass is 9.69. The number of rotatable bonds is 5. The Hall–Kier alpha value is -0.370. The Morgan fingerprint density at radius 2 is 1.94 bits per heavy atom. The van der Waals surface area contributed by atoms with Crippen molar-refractivity contribution in [2.75, 3.05) is 14.1 Å². The first kappa shape index (κ1) is 14.7. The number of carbonyl (C=O) groups is 1. The fourth-order valence-corrected chi connectivity index (χ4v) is 3.41. The quantitative estimate of drug-likeness (QED) is 0.732. The molecule has 0 heterocycles. The van der Waals surface area contributed by atoms with E-state index in [9.17, 15) is 4.79 Å². The molecule has 1 aliphatic rings. The van der Waals surface area contributed by atoms with Crippen LogP contribution in [-0.4, -0.2) is 30.3 Å². The van der Waals surface area contributed by atoms with Gasteiger partial charge in [0.05, 0.1) is 5.54 Å². The molecule has 0 bridgehead atoms. The predicted molar refractivity (Wildman–Crippen MR) is 73.1 cm³/mol. The zero-order chi connectivity index (χ0) is 13.1. The van der Waals surface area contributed by atoms with Gasteiger partial charge in [0.15, 0.2) is 5.78 Å². The van der Waals surface area contributed by atoms with Crippen LogP contribution in [0.15, 0.2) is 0 Å². The van der Waals surface area contributed by atoms with Crippen molar-refractivity contribution in [2.24, 2.45) is 11.8 Å². The predicted octanol–water partition coefficient (Wildman–Crippen LogP) is 3.50. The zero-order valence-corrected chi connectivity index (χ0v) is 12.3. The van der Waals surface area contributed by atoms with E-state index in [4.69, 9.17) is 0 Å². The van der Waals surface area contributed by atoms with Crippen molar-refractivity contribution in [2.45, 2.75) is 64.8 Å². The topological polar surface area (TPSA) is 20.3 Å². The zero-order valence-electron chi connectivity index (χ0n) is 12.3. The number of Topliss-reactive ketones (excluding diaryl/α,β-unsaturated/α-hetero) is 1. The minimum Gasteiger partial charge on any atom is -0.297 e. The van der Waals surface area contributed by atoms with Crippen LogP contribution in [0.1, 0.15) is 59.3 Å². The van der Waals surface area contributed by atoms with Crippen molar-refractivity contribution in [3.05, 3.63) is 0 Å². The minimum atomic E-state index is -0.172. The monoisotopic (exact) mass is 239 g/mol. The molecular formula is C15H29NO. The number of ketones is 1. The van der Waals surface area contributed by atoms with Gasteiger partial charge in [-0.2, -0.15) is 0 Å². The maximum absolute atomic E-state index is 12.8. The van der Waals surface area contributed by atoms with Crippen LogP contribution in [0.2, 0.25) is 0 Å². The van der Waals surface area contributed by atoms with E-state index in [1.54, 1.807) is 0 Å². The van der Waals surface area contributed by atoms with Crippen LogP contribution < -0.4 is 0 Å². The number of hydrogen-bond donors (Lipinski definition) is 0. The molecule has 0 radical (unpaired) electrons. The molecule has 0 aromatic carbocycles. The van der Waals surface area contributed by atoms with Crippen molar-refractivity contribution in [1.29, 1.82) is 0 Å². The Balaban J connectivity index is 2.94. The highest BCUT2D eigenvalue weighted by Gasteiger charge is 2.45. The molecule has 2 unspecified atom stereocenters. The third-order valence-corrected chi connectivity index (χ3v) is 4.64. The Bertz CT molecular complexity index is 258. The van der Waals surface area contributed by atoms with Crippen molar-refractivity contribution in [3.63, 3.8) is 0 Å². The summed E-state index contributed by atoms with van der Waals surface area (Å²) >= 11 is 0. The molecule has 2 nitrogen and oxygen atoms in total. The molecule has 0 spiro atoms. The average Bonchev–Trinajstić information content (AvgIpc) is 2.30. The second-order valence-electron chi connectivity index (χ2n) is 6.01. The Morgan fingerprint density at radius 3 is 2.35 bits per heavy atom. The van der Waals surface area contributed by atoms with Gasteiger partial charge < -0.3 is 0 Å². The molecular weight excluding hydrogens is 210 g/mol. The van der Waals surface area contributed by atoms with E-state index < -0.39 is 0 Å². The SMILES string of the molecule is CCC(CC)C(=O)C1(N(C)C)CCCC(C)C1. The average molecular weight is 239 g/mol. The summed E-state index contributed by atoms with van der Waals surface area (Å²) in [6.07, 6.45) is 6.56. The molecule has 2 heteroatoms. The van der Waals surface area contributed by atoms with Gasteiger partial charge in [0.2, 0.25) is 0 Å². The minimum absolute atomic E-state index is 0.172. The van der Waals surface area contributed by atoms with Crippen molar-refractivity contribution >= 4 is 5.78 Å². The maximum Gasteiger partial charge on any atom is 0.156 e. The van der Waals surface area contributed by atoms with Crippen LogP contribution in [0.25, 0.3) is 0 Å². The second kappa shape index (κ2) is 5.99. The van der Waals surface area contributed by atoms with Crippen LogP contribution in [0.5, 0.6) is 0 Å². The number of hydrogen-bond acceptors (Lipinski definition) is 2. The lowest BCUT2D eigenvalue weighted by Gasteiger charge is -2.45. The van der Waals surface area contributed by atoms with Crippen LogP contribution in [0.4, 0.5) is 0 Å². The smallest absolute Gasteiger partial charge is 0.156 e. The molecule has 1 rings (SSSR count). The summed E-state index contributed by atoms with van der Waals surface area (Å²) in [5.41, 5.74) is -0.172. The van der Waals surface area contributed by atoms with Gasteiger partial charge in [-0.25, -0.2) is 0 Å². The van der Waals surface area contributed by atoms with Crippen LogP contribution in [0.3, 0.4) is 0 Å². The summed E-state index contributed by atoms with van der Waals surface area (Å²) in [6.45, 7) is 6.57. The van der Waals surface area contributed by atoms with E-state index >= 15 is 0 Å². The van der Waals surface area contributed by atoms with E-state index in [1.165, 1.54) is 12.8 Å². The fraction of sp³-hybridized carbons (Fsp3) is 0.933. The third-order valence-electron chi connectivity index (χ3n) is 4.64. The van der Waals surface area contributed by atoms with Crippen molar-refractivity contribution in [1.82, 2.24) is 4.90 Å². The Labute approximate surface area is 107 Å². The highest BCUT2D eigenvalue weighted by molar-refractivity contribution is 5.90. The molecule has 0 saturated heterocycles. The highest BCUT2D eigenvalue weighted by atomic mass is 16.1. The third kappa shape index (κ3) is 2.90. The first-order chi connectivity index (χ1) is 7.97. The molecule has 1 saturated carbocycles. The maximum atomic E-state index is 12.8. The Kier molecular flexibility index (Phi) is 5.18. The van der Waals surface area contributed by atoms with E-state index in [-0.39, 0.29) is 11.5 Å². The Morgan fingerprint density at radius 1 is 1.35 bits per heavy atom. The van der Waals surface area contributed by atoms with E-state index in [2.05, 4.69) is 39.8 Å². The number of carbonyl (C=O) groups excluding carboxylic acids is 1. The van der Waals surface area contributed by atoms with Crippen molar-refractivity contribution in [3.8, 4) is 0 Å². The molecule has 0 aromatic rings. The van der Waals surface area contributed by atoms with E-state index in [0.29, 0.717) is 11.7 Å². The van der Waals surface area contributed by atoms with Gasteiger partial charge >= 0.3 is 0 Å². The molecule has 100 valence electrons. The summed E-state index contributed by atoms with van der Waals surface area (Å²) in [4.78, 5) is 15.0. The standard InChI is InChI=1S/C15H29NO/c1-6-13(7-2)14(17)15(16(4)5)10-8-9-12(3)11-15/h12-13H,6-11H2,1-5H3. The van der Waals surface area contributed by atoms with Gasteiger partial charge in [-0.3, -0.25) is 9.69 Å². The lowest BCUT2D eigenvalue weighted by Crippen LogP contribution is -2.55. The largest absolute Gasteiger partial charge is 0.297 e. The molecule has 0 N–H and O–H groups in total. The first-order valence-corrected chi connectivity index (χ1v) is 7.19. The van der Waals surface area contributed by atoms with Gasteiger partial charge in [0, 0.05) is 5.92 Å². The molecule has 1 aliphatic carbocycles. The van der Waals surface area contributed by atoms with E-state index in [0.717, 1.165) is 25.7 Å². The van der Waals surface area contributed by atoms with Crippen molar-refractivity contribution < 1.29 is 4.79 Å². The van der Waals surface area contributed by atoms with Gasteiger partial charge in [-0.1, -0.05) is 33.6 Å². The number of likely N-dealkylation sites (N-methyl/N-ethyl adjacent to an activating group) is 1. The fourth-order valence-electron chi connectivity index (χ4n) is 3.41. The molecule has 0 aliphatic heterocycles. The molecule has 0 aromatic heterocycles. The highest BCUT2D eigenvalue weighted by Crippen LogP contribution is 2.38. The van der Waals surface area contributed by atoms with Gasteiger partial charge in [-0.15, -0.1) is 0 Å². The summed E-state index contributed by atoms with van der Waals surface area (Å²) in [6, 6.07) is 0. The summed E-state index contributed by atoms with van der Waals surface area (Å²) in [7, 11) is 4.16. The summed E-state index contributed by atoms with van der Waals surface area (Å²) in [5.74, 6) is 1.44. The van der Waals surface area contributed by atoms with Gasteiger partial charge in [0.1, 0.15) is 0 Å². The normalized spacial score (nSPS) is 29.9. The number of nitrogens with zero attached hydrogens (tertiary/aromatic N) is 1. The molecule has 0 amide bonds. The van der Waals surface area contributed by atoms with Crippen LogP contribution in [0, 0.1) is 11.8 Å². The first-order valence-electron chi connectivity index (χ1n) is 7.19. The molecule has 2 atom stereocenters. The van der Waals surface area contributed by atoms with E-state index in [1.807, 2.05) is 0 Å².